The van der Waals surface area contributed by atoms with E-state index in [0.717, 1.165) is 5.56 Å². The third-order valence-corrected chi connectivity index (χ3v) is 4.46. The van der Waals surface area contributed by atoms with Crippen molar-refractivity contribution in [1.29, 1.82) is 0 Å². The first kappa shape index (κ1) is 14.8. The summed E-state index contributed by atoms with van der Waals surface area (Å²) in [5.74, 6) is 0.833. The molecule has 0 unspecified atom stereocenters. The number of carboxylic acids is 1. The highest BCUT2D eigenvalue weighted by Crippen LogP contribution is 2.43. The Morgan fingerprint density at radius 2 is 1.85 bits per heavy atom. The molecule has 0 bridgehead atoms. The Morgan fingerprint density at radius 1 is 1.25 bits per heavy atom. The fourth-order valence-electron chi connectivity index (χ4n) is 2.07. The van der Waals surface area contributed by atoms with Crippen molar-refractivity contribution in [3.63, 3.8) is 0 Å². The Labute approximate surface area is 121 Å². The van der Waals surface area contributed by atoms with Crippen LogP contribution in [0.2, 0.25) is 0 Å². The molecule has 1 aromatic carbocycles. The normalized spacial score (nSPS) is 21.6. The van der Waals surface area contributed by atoms with Crippen molar-refractivity contribution in [1.82, 2.24) is 5.32 Å². The molecule has 0 aliphatic carbocycles. The number of hydrogen-bond acceptors (Lipinski definition) is 6. The van der Waals surface area contributed by atoms with Crippen molar-refractivity contribution in [3.8, 4) is 17.2 Å². The lowest BCUT2D eigenvalue weighted by Gasteiger charge is -2.17. The van der Waals surface area contributed by atoms with Gasteiger partial charge in [-0.05, 0) is 17.7 Å². The minimum atomic E-state index is -0.808. The number of carboxylic acid groups (broad SMARTS) is 1. The Hall–Kier alpha value is -1.60. The number of benzene rings is 1. The van der Waals surface area contributed by atoms with Crippen LogP contribution in [0.1, 0.15) is 10.9 Å². The Balaban J connectivity index is 2.31. The summed E-state index contributed by atoms with van der Waals surface area (Å²) in [6.07, 6.45) is 0. The molecule has 20 heavy (non-hydrogen) atoms. The predicted octanol–water partition coefficient (Wildman–Crippen LogP) is 1.50. The van der Waals surface area contributed by atoms with Crippen molar-refractivity contribution in [2.45, 2.75) is 10.6 Å². The van der Waals surface area contributed by atoms with Crippen LogP contribution in [0.25, 0.3) is 0 Å². The predicted molar refractivity (Wildman–Crippen MR) is 75.9 cm³/mol. The van der Waals surface area contributed by atoms with Crippen molar-refractivity contribution in [2.24, 2.45) is 0 Å². The lowest BCUT2D eigenvalue weighted by Crippen LogP contribution is -2.21. The zero-order valence-electron chi connectivity index (χ0n) is 11.5. The van der Waals surface area contributed by atoms with Gasteiger partial charge in [-0.15, -0.1) is 11.8 Å². The zero-order valence-corrected chi connectivity index (χ0v) is 12.3. The highest BCUT2D eigenvalue weighted by atomic mass is 32.2. The van der Waals surface area contributed by atoms with E-state index in [2.05, 4.69) is 5.32 Å². The van der Waals surface area contributed by atoms with Gasteiger partial charge < -0.3 is 19.3 Å². The highest BCUT2D eigenvalue weighted by molar-refractivity contribution is 8.01. The van der Waals surface area contributed by atoms with Crippen LogP contribution < -0.4 is 19.5 Å². The van der Waals surface area contributed by atoms with Crippen LogP contribution in [-0.2, 0) is 4.79 Å². The number of ether oxygens (including phenoxy) is 3. The molecule has 1 saturated heterocycles. The topological polar surface area (TPSA) is 77.0 Å². The maximum absolute atomic E-state index is 11.0. The fourth-order valence-corrected chi connectivity index (χ4v) is 3.19. The van der Waals surface area contributed by atoms with Crippen LogP contribution in [0.15, 0.2) is 12.1 Å². The summed E-state index contributed by atoms with van der Waals surface area (Å²) in [6, 6.07) is 3.66. The second kappa shape index (κ2) is 6.23. The van der Waals surface area contributed by atoms with E-state index in [-0.39, 0.29) is 5.37 Å². The van der Waals surface area contributed by atoms with Crippen LogP contribution in [0, 0.1) is 0 Å². The third kappa shape index (κ3) is 2.78. The van der Waals surface area contributed by atoms with E-state index in [0.29, 0.717) is 23.8 Å². The van der Waals surface area contributed by atoms with Gasteiger partial charge in [-0.1, -0.05) is 0 Å². The van der Waals surface area contributed by atoms with Crippen LogP contribution in [-0.4, -0.2) is 44.2 Å². The highest BCUT2D eigenvalue weighted by Gasteiger charge is 2.32. The molecule has 1 heterocycles. The van der Waals surface area contributed by atoms with E-state index in [1.165, 1.54) is 11.8 Å². The first-order chi connectivity index (χ1) is 9.60. The van der Waals surface area contributed by atoms with E-state index >= 15 is 0 Å². The second-order valence-corrected chi connectivity index (χ2v) is 5.52. The van der Waals surface area contributed by atoms with Crippen molar-refractivity contribution in [3.05, 3.63) is 17.7 Å². The van der Waals surface area contributed by atoms with Crippen molar-refractivity contribution >= 4 is 17.7 Å². The van der Waals surface area contributed by atoms with Gasteiger partial charge in [0.05, 0.1) is 26.7 Å². The molecule has 1 aromatic rings. The second-order valence-electron chi connectivity index (χ2n) is 4.21. The number of methoxy groups -OCH3 is 3. The summed E-state index contributed by atoms with van der Waals surface area (Å²) in [5, 5.41) is 11.7. The van der Waals surface area contributed by atoms with Gasteiger partial charge in [0, 0.05) is 6.54 Å². The maximum Gasteiger partial charge on any atom is 0.318 e. The molecule has 0 aromatic heterocycles. The fraction of sp³-hybridized carbons (Fsp3) is 0.462. The molecule has 0 saturated carbocycles. The molecule has 2 N–H and O–H groups in total. The molecule has 110 valence electrons. The monoisotopic (exact) mass is 299 g/mol. The average Bonchev–Trinajstić information content (AvgIpc) is 2.95. The number of nitrogens with one attached hydrogen (secondary N) is 1. The molecule has 0 radical (unpaired) electrons. The van der Waals surface area contributed by atoms with Gasteiger partial charge in [0.1, 0.15) is 5.25 Å². The molecule has 0 spiro atoms. The Morgan fingerprint density at radius 3 is 2.25 bits per heavy atom. The third-order valence-electron chi connectivity index (χ3n) is 3.05. The van der Waals surface area contributed by atoms with Crippen LogP contribution in [0.4, 0.5) is 0 Å². The molecule has 0 amide bonds. The van der Waals surface area contributed by atoms with Gasteiger partial charge >= 0.3 is 5.97 Å². The quantitative estimate of drug-likeness (QED) is 0.853. The molecule has 7 heteroatoms. The first-order valence-electron chi connectivity index (χ1n) is 6.02. The molecule has 2 rings (SSSR count). The van der Waals surface area contributed by atoms with E-state index in [1.54, 1.807) is 21.3 Å². The summed E-state index contributed by atoms with van der Waals surface area (Å²) < 4.78 is 15.9. The molecule has 1 aliphatic heterocycles. The molecular weight excluding hydrogens is 282 g/mol. The van der Waals surface area contributed by atoms with Gasteiger partial charge in [0.2, 0.25) is 5.75 Å². The van der Waals surface area contributed by atoms with Crippen LogP contribution in [0.3, 0.4) is 0 Å². The number of thioether (sulfide) groups is 1. The number of carbonyl (C=O) groups is 1. The van der Waals surface area contributed by atoms with Crippen LogP contribution in [0.5, 0.6) is 17.2 Å². The molecule has 1 aliphatic rings. The van der Waals surface area contributed by atoms with Crippen molar-refractivity contribution in [2.75, 3.05) is 27.9 Å². The zero-order chi connectivity index (χ0) is 14.7. The van der Waals surface area contributed by atoms with Gasteiger partial charge in [-0.3, -0.25) is 10.1 Å². The van der Waals surface area contributed by atoms with E-state index in [4.69, 9.17) is 19.3 Å². The van der Waals surface area contributed by atoms with Gasteiger partial charge in [-0.25, -0.2) is 0 Å². The lowest BCUT2D eigenvalue weighted by atomic mass is 10.1. The SMILES string of the molecule is COc1cc([C@H]2NC[C@@H](C(=O)O)S2)cc(OC)c1OC. The minimum absolute atomic E-state index is 0.107. The van der Waals surface area contributed by atoms with Gasteiger partial charge in [0.25, 0.3) is 0 Å². The van der Waals surface area contributed by atoms with E-state index in [9.17, 15) is 4.79 Å². The summed E-state index contributed by atoms with van der Waals surface area (Å²) >= 11 is 1.36. The van der Waals surface area contributed by atoms with Crippen molar-refractivity contribution < 1.29 is 24.1 Å². The summed E-state index contributed by atoms with van der Waals surface area (Å²) in [6.45, 7) is 0.432. The minimum Gasteiger partial charge on any atom is -0.493 e. The molecular formula is C13H17NO5S. The summed E-state index contributed by atoms with van der Waals surface area (Å²) in [4.78, 5) is 11.0. The number of rotatable bonds is 5. The molecule has 2 atom stereocenters. The molecule has 1 fully saturated rings. The molecule has 6 nitrogen and oxygen atoms in total. The maximum atomic E-state index is 11.0. The summed E-state index contributed by atoms with van der Waals surface area (Å²) in [5.41, 5.74) is 0.897. The summed E-state index contributed by atoms with van der Waals surface area (Å²) in [7, 11) is 4.65. The number of aliphatic carboxylic acids is 1. The van der Waals surface area contributed by atoms with Gasteiger partial charge in [-0.2, -0.15) is 0 Å². The Bertz CT molecular complexity index is 483. The lowest BCUT2D eigenvalue weighted by molar-refractivity contribution is -0.136. The van der Waals surface area contributed by atoms with Gasteiger partial charge in [0.15, 0.2) is 11.5 Å². The van der Waals surface area contributed by atoms with Crippen LogP contribution >= 0.6 is 11.8 Å². The van der Waals surface area contributed by atoms with E-state index in [1.807, 2.05) is 12.1 Å². The standard InChI is InChI=1S/C13H17NO5S/c1-17-8-4-7(5-9(18-2)11(8)19-3)12-14-6-10(20-12)13(15)16/h4-5,10,12,14H,6H2,1-3H3,(H,15,16)/t10-,12-/m0/s1. The smallest absolute Gasteiger partial charge is 0.318 e. The number of hydrogen-bond donors (Lipinski definition) is 2. The average molecular weight is 299 g/mol. The Kier molecular flexibility index (Phi) is 4.61. The van der Waals surface area contributed by atoms with E-state index < -0.39 is 11.2 Å². The first-order valence-corrected chi connectivity index (χ1v) is 6.96. The largest absolute Gasteiger partial charge is 0.493 e.